The first-order chi connectivity index (χ1) is 8.78. The van der Waals surface area contributed by atoms with Gasteiger partial charge >= 0.3 is 0 Å². The summed E-state index contributed by atoms with van der Waals surface area (Å²) in [6.07, 6.45) is 3.52. The van der Waals surface area contributed by atoms with Gasteiger partial charge in [0, 0.05) is 30.3 Å². The van der Waals surface area contributed by atoms with E-state index < -0.39 is 0 Å². The molecule has 0 unspecified atom stereocenters. The highest BCUT2D eigenvalue weighted by Crippen LogP contribution is 2.22. The molecule has 0 spiro atoms. The molecule has 3 rings (SSSR count). The second kappa shape index (κ2) is 4.10. The van der Waals surface area contributed by atoms with Crippen molar-refractivity contribution in [2.75, 3.05) is 7.11 Å². The van der Waals surface area contributed by atoms with Gasteiger partial charge < -0.3 is 4.74 Å². The zero-order chi connectivity index (χ0) is 12.5. The number of aromatic nitrogens is 4. The van der Waals surface area contributed by atoms with Crippen molar-refractivity contribution in [2.45, 2.75) is 0 Å². The smallest absolute Gasteiger partial charge is 0.216 e. The SMILES string of the molecule is COc1ccnc(-c2ccc3c(cnn3C)c2)n1. The predicted molar refractivity (Wildman–Crippen MR) is 68.3 cm³/mol. The zero-order valence-corrected chi connectivity index (χ0v) is 10.2. The number of hydrogen-bond acceptors (Lipinski definition) is 4. The quantitative estimate of drug-likeness (QED) is 0.687. The Labute approximate surface area is 104 Å². The molecule has 0 aliphatic rings. The van der Waals surface area contributed by atoms with Crippen LogP contribution in [0.5, 0.6) is 5.88 Å². The van der Waals surface area contributed by atoms with Crippen LogP contribution in [0.3, 0.4) is 0 Å². The van der Waals surface area contributed by atoms with Crippen LogP contribution < -0.4 is 4.74 Å². The summed E-state index contributed by atoms with van der Waals surface area (Å²) in [5.41, 5.74) is 2.04. The van der Waals surface area contributed by atoms with Gasteiger partial charge in [-0.25, -0.2) is 4.98 Å². The molecule has 1 aromatic carbocycles. The van der Waals surface area contributed by atoms with Crippen LogP contribution in [0.2, 0.25) is 0 Å². The Kier molecular flexibility index (Phi) is 2.44. The van der Waals surface area contributed by atoms with Gasteiger partial charge in [0.05, 0.1) is 18.8 Å². The molecule has 0 amide bonds. The molecule has 0 saturated carbocycles. The summed E-state index contributed by atoms with van der Waals surface area (Å²) in [4.78, 5) is 8.57. The summed E-state index contributed by atoms with van der Waals surface area (Å²) in [6.45, 7) is 0. The number of rotatable bonds is 2. The number of fused-ring (bicyclic) bond motifs is 1. The van der Waals surface area contributed by atoms with Crippen LogP contribution in [-0.2, 0) is 7.05 Å². The fraction of sp³-hybridized carbons (Fsp3) is 0.154. The van der Waals surface area contributed by atoms with Crippen molar-refractivity contribution >= 4 is 10.9 Å². The second-order valence-corrected chi connectivity index (χ2v) is 3.96. The molecule has 0 aliphatic heterocycles. The highest BCUT2D eigenvalue weighted by Gasteiger charge is 2.06. The standard InChI is InChI=1S/C13H12N4O/c1-17-11-4-3-9(7-10(11)8-15-17)13-14-6-5-12(16-13)18-2/h3-8H,1-2H3. The minimum atomic E-state index is 0.561. The molecule has 3 aromatic rings. The Morgan fingerprint density at radius 2 is 2.11 bits per heavy atom. The topological polar surface area (TPSA) is 52.8 Å². The summed E-state index contributed by atoms with van der Waals surface area (Å²) in [7, 11) is 3.51. The lowest BCUT2D eigenvalue weighted by molar-refractivity contribution is 0.397. The molecule has 0 atom stereocenters. The monoisotopic (exact) mass is 240 g/mol. The molecule has 5 heteroatoms. The van der Waals surface area contributed by atoms with E-state index in [4.69, 9.17) is 4.74 Å². The van der Waals surface area contributed by atoms with E-state index in [1.54, 1.807) is 19.4 Å². The number of ether oxygens (including phenoxy) is 1. The summed E-state index contributed by atoms with van der Waals surface area (Å²) >= 11 is 0. The third kappa shape index (κ3) is 1.69. The number of methoxy groups -OCH3 is 1. The molecule has 5 nitrogen and oxygen atoms in total. The molecule has 90 valence electrons. The zero-order valence-electron chi connectivity index (χ0n) is 10.2. The van der Waals surface area contributed by atoms with Crippen molar-refractivity contribution in [1.29, 1.82) is 0 Å². The van der Waals surface area contributed by atoms with Gasteiger partial charge in [-0.2, -0.15) is 10.1 Å². The molecule has 2 heterocycles. The van der Waals surface area contributed by atoms with E-state index in [-0.39, 0.29) is 0 Å². The van der Waals surface area contributed by atoms with Crippen molar-refractivity contribution in [3.63, 3.8) is 0 Å². The first kappa shape index (κ1) is 10.7. The van der Waals surface area contributed by atoms with Gasteiger partial charge in [0.25, 0.3) is 0 Å². The van der Waals surface area contributed by atoms with Gasteiger partial charge in [0.15, 0.2) is 5.82 Å². The molecule has 0 saturated heterocycles. The molecular formula is C13H12N4O. The van der Waals surface area contributed by atoms with Crippen LogP contribution in [0.25, 0.3) is 22.3 Å². The van der Waals surface area contributed by atoms with Crippen molar-refractivity contribution < 1.29 is 4.74 Å². The van der Waals surface area contributed by atoms with Gasteiger partial charge in [-0.05, 0) is 18.2 Å². The molecule has 0 bridgehead atoms. The maximum Gasteiger partial charge on any atom is 0.216 e. The average molecular weight is 240 g/mol. The summed E-state index contributed by atoms with van der Waals surface area (Å²) in [5.74, 6) is 1.21. The third-order valence-corrected chi connectivity index (χ3v) is 2.84. The van der Waals surface area contributed by atoms with Crippen LogP contribution in [-0.4, -0.2) is 26.9 Å². The molecule has 2 aromatic heterocycles. The maximum atomic E-state index is 5.10. The van der Waals surface area contributed by atoms with E-state index in [2.05, 4.69) is 15.1 Å². The second-order valence-electron chi connectivity index (χ2n) is 3.96. The van der Waals surface area contributed by atoms with E-state index in [0.717, 1.165) is 16.5 Å². The minimum Gasteiger partial charge on any atom is -0.481 e. The lowest BCUT2D eigenvalue weighted by atomic mass is 10.1. The normalized spacial score (nSPS) is 10.8. The van der Waals surface area contributed by atoms with E-state index in [1.807, 2.05) is 36.1 Å². The number of nitrogens with zero attached hydrogens (tertiary/aromatic N) is 4. The Morgan fingerprint density at radius 1 is 1.22 bits per heavy atom. The average Bonchev–Trinajstić information content (AvgIpc) is 2.80. The number of benzene rings is 1. The lowest BCUT2D eigenvalue weighted by Crippen LogP contribution is -1.93. The maximum absolute atomic E-state index is 5.10. The fourth-order valence-corrected chi connectivity index (χ4v) is 1.90. The van der Waals surface area contributed by atoms with Gasteiger partial charge in [0.1, 0.15) is 0 Å². The molecule has 0 N–H and O–H groups in total. The first-order valence-electron chi connectivity index (χ1n) is 5.57. The summed E-state index contributed by atoms with van der Waals surface area (Å²) in [5, 5.41) is 5.29. The van der Waals surface area contributed by atoms with Gasteiger partial charge in [-0.3, -0.25) is 4.68 Å². The Bertz CT molecular complexity index is 705. The predicted octanol–water partition coefficient (Wildman–Crippen LogP) is 2.04. The Balaban J connectivity index is 2.13. The van der Waals surface area contributed by atoms with Gasteiger partial charge in [0.2, 0.25) is 5.88 Å². The molecule has 0 fully saturated rings. The Morgan fingerprint density at radius 3 is 2.94 bits per heavy atom. The van der Waals surface area contributed by atoms with E-state index in [1.165, 1.54) is 0 Å². The van der Waals surface area contributed by atoms with E-state index >= 15 is 0 Å². The van der Waals surface area contributed by atoms with Crippen LogP contribution in [0.1, 0.15) is 0 Å². The first-order valence-corrected chi connectivity index (χ1v) is 5.57. The molecule has 0 radical (unpaired) electrons. The van der Waals surface area contributed by atoms with Crippen molar-refractivity contribution in [1.82, 2.24) is 19.7 Å². The Hall–Kier alpha value is -2.43. The highest BCUT2D eigenvalue weighted by atomic mass is 16.5. The van der Waals surface area contributed by atoms with Crippen molar-refractivity contribution in [3.05, 3.63) is 36.7 Å². The number of aryl methyl sites for hydroxylation is 1. The summed E-state index contributed by atoms with van der Waals surface area (Å²) < 4.78 is 6.94. The van der Waals surface area contributed by atoms with E-state index in [9.17, 15) is 0 Å². The largest absolute Gasteiger partial charge is 0.481 e. The summed E-state index contributed by atoms with van der Waals surface area (Å²) in [6, 6.07) is 7.75. The minimum absolute atomic E-state index is 0.561. The molecule has 0 aliphatic carbocycles. The number of hydrogen-bond donors (Lipinski definition) is 0. The van der Waals surface area contributed by atoms with Crippen molar-refractivity contribution in [2.24, 2.45) is 7.05 Å². The third-order valence-electron chi connectivity index (χ3n) is 2.84. The van der Waals surface area contributed by atoms with Crippen LogP contribution in [0.15, 0.2) is 36.7 Å². The molecule has 18 heavy (non-hydrogen) atoms. The lowest BCUT2D eigenvalue weighted by Gasteiger charge is -2.03. The fourth-order valence-electron chi connectivity index (χ4n) is 1.90. The van der Waals surface area contributed by atoms with Crippen molar-refractivity contribution in [3.8, 4) is 17.3 Å². The molecular weight excluding hydrogens is 228 g/mol. The van der Waals surface area contributed by atoms with Gasteiger partial charge in [-0.1, -0.05) is 0 Å². The highest BCUT2D eigenvalue weighted by molar-refractivity contribution is 5.83. The van der Waals surface area contributed by atoms with Crippen LogP contribution in [0.4, 0.5) is 0 Å². The van der Waals surface area contributed by atoms with Crippen LogP contribution >= 0.6 is 0 Å². The van der Waals surface area contributed by atoms with Crippen LogP contribution in [0, 0.1) is 0 Å². The van der Waals surface area contributed by atoms with E-state index in [0.29, 0.717) is 11.7 Å². The van der Waals surface area contributed by atoms with Gasteiger partial charge in [-0.15, -0.1) is 0 Å².